The third-order valence-corrected chi connectivity index (χ3v) is 6.71. The standard InChI is InChI=1S/C28H44N4O5/c1-22(2)32(26(34)12-11-25(33)30-15-17-36-18-16-30)21-24-20-29(19-23-9-7-6-8-10-23)13-14-31(24)27(35)37-28(3,4)5/h6-10,22,24H,11-21H2,1-5H3/t24-/m0/s1. The summed E-state index contributed by atoms with van der Waals surface area (Å²) in [4.78, 5) is 46.7. The summed E-state index contributed by atoms with van der Waals surface area (Å²) < 4.78 is 11.0. The lowest BCUT2D eigenvalue weighted by atomic mass is 10.1. The summed E-state index contributed by atoms with van der Waals surface area (Å²) in [6.07, 6.45) is -0.0142. The lowest BCUT2D eigenvalue weighted by Crippen LogP contribution is -2.60. The molecule has 2 aliphatic heterocycles. The highest BCUT2D eigenvalue weighted by Gasteiger charge is 2.36. The summed E-state index contributed by atoms with van der Waals surface area (Å²) >= 11 is 0. The molecule has 3 amide bonds. The van der Waals surface area contributed by atoms with E-state index in [1.807, 2.05) is 52.8 Å². The van der Waals surface area contributed by atoms with E-state index in [2.05, 4.69) is 17.0 Å². The summed E-state index contributed by atoms with van der Waals surface area (Å²) in [5.41, 5.74) is 0.612. The first-order valence-corrected chi connectivity index (χ1v) is 13.4. The molecule has 0 saturated carbocycles. The Bertz CT molecular complexity index is 896. The maximum atomic E-state index is 13.3. The van der Waals surface area contributed by atoms with Crippen LogP contribution in [-0.4, -0.2) is 108 Å². The van der Waals surface area contributed by atoms with Crippen LogP contribution in [0.15, 0.2) is 30.3 Å². The van der Waals surface area contributed by atoms with E-state index >= 15 is 0 Å². The average molecular weight is 517 g/mol. The number of carbonyl (C=O) groups excluding carboxylic acids is 3. The molecule has 0 aromatic heterocycles. The fourth-order valence-electron chi connectivity index (χ4n) is 4.78. The molecular weight excluding hydrogens is 472 g/mol. The third-order valence-electron chi connectivity index (χ3n) is 6.71. The van der Waals surface area contributed by atoms with Crippen molar-refractivity contribution in [3.05, 3.63) is 35.9 Å². The van der Waals surface area contributed by atoms with Gasteiger partial charge in [0.25, 0.3) is 0 Å². The van der Waals surface area contributed by atoms with Gasteiger partial charge >= 0.3 is 6.09 Å². The van der Waals surface area contributed by atoms with Crippen molar-refractivity contribution < 1.29 is 23.9 Å². The molecule has 2 fully saturated rings. The Labute approximate surface area is 221 Å². The van der Waals surface area contributed by atoms with Crippen LogP contribution >= 0.6 is 0 Å². The zero-order chi connectivity index (χ0) is 27.0. The zero-order valence-corrected chi connectivity index (χ0v) is 23.1. The van der Waals surface area contributed by atoms with Gasteiger partial charge in [-0.15, -0.1) is 0 Å². The third kappa shape index (κ3) is 9.00. The van der Waals surface area contributed by atoms with Gasteiger partial charge in [-0.05, 0) is 40.2 Å². The summed E-state index contributed by atoms with van der Waals surface area (Å²) in [5, 5.41) is 0. The first kappa shape index (κ1) is 28.9. The van der Waals surface area contributed by atoms with Crippen LogP contribution in [0.4, 0.5) is 4.79 Å². The van der Waals surface area contributed by atoms with Crippen LogP contribution in [0.25, 0.3) is 0 Å². The molecule has 0 radical (unpaired) electrons. The Morgan fingerprint density at radius 2 is 1.70 bits per heavy atom. The molecule has 2 aliphatic rings. The first-order valence-electron chi connectivity index (χ1n) is 13.4. The van der Waals surface area contributed by atoms with Crippen LogP contribution in [0.3, 0.4) is 0 Å². The topological polar surface area (TPSA) is 82.6 Å². The number of carbonyl (C=O) groups is 3. The Morgan fingerprint density at radius 3 is 2.32 bits per heavy atom. The lowest BCUT2D eigenvalue weighted by molar-refractivity contribution is -0.140. The number of piperazine rings is 1. The molecule has 3 rings (SSSR count). The normalized spacial score (nSPS) is 19.1. The number of ether oxygens (including phenoxy) is 2. The van der Waals surface area contributed by atoms with E-state index < -0.39 is 5.60 Å². The number of rotatable bonds is 8. The highest BCUT2D eigenvalue weighted by Crippen LogP contribution is 2.20. The summed E-state index contributed by atoms with van der Waals surface area (Å²) in [6, 6.07) is 9.99. The van der Waals surface area contributed by atoms with Crippen molar-refractivity contribution in [2.24, 2.45) is 0 Å². The van der Waals surface area contributed by atoms with Crippen molar-refractivity contribution in [2.45, 2.75) is 71.7 Å². The van der Waals surface area contributed by atoms with Crippen LogP contribution in [-0.2, 0) is 25.6 Å². The number of benzene rings is 1. The van der Waals surface area contributed by atoms with Crippen LogP contribution in [0, 0.1) is 0 Å². The van der Waals surface area contributed by atoms with Crippen molar-refractivity contribution in [1.82, 2.24) is 19.6 Å². The maximum Gasteiger partial charge on any atom is 0.410 e. The van der Waals surface area contributed by atoms with E-state index in [1.54, 1.807) is 14.7 Å². The number of hydrogen-bond donors (Lipinski definition) is 0. The Morgan fingerprint density at radius 1 is 1.03 bits per heavy atom. The Kier molecular flexibility index (Phi) is 10.3. The van der Waals surface area contributed by atoms with Gasteiger partial charge in [0.1, 0.15) is 5.60 Å². The van der Waals surface area contributed by atoms with Gasteiger partial charge in [-0.1, -0.05) is 30.3 Å². The van der Waals surface area contributed by atoms with E-state index in [9.17, 15) is 14.4 Å². The molecule has 0 aliphatic carbocycles. The number of morpholine rings is 1. The van der Waals surface area contributed by atoms with Gasteiger partial charge in [0.05, 0.1) is 19.3 Å². The largest absolute Gasteiger partial charge is 0.444 e. The van der Waals surface area contributed by atoms with E-state index in [0.29, 0.717) is 45.9 Å². The Balaban J connectivity index is 1.68. The summed E-state index contributed by atoms with van der Waals surface area (Å²) in [5.74, 6) is -0.0802. The van der Waals surface area contributed by atoms with Gasteiger partial charge < -0.3 is 24.2 Å². The fourth-order valence-corrected chi connectivity index (χ4v) is 4.78. The van der Waals surface area contributed by atoms with Crippen molar-refractivity contribution >= 4 is 17.9 Å². The molecule has 2 saturated heterocycles. The smallest absolute Gasteiger partial charge is 0.410 e. The van der Waals surface area contributed by atoms with Crippen molar-refractivity contribution in [3.63, 3.8) is 0 Å². The predicted octanol–water partition coefficient (Wildman–Crippen LogP) is 2.98. The van der Waals surface area contributed by atoms with Crippen molar-refractivity contribution in [3.8, 4) is 0 Å². The van der Waals surface area contributed by atoms with Gasteiger partial charge in [0, 0.05) is 64.7 Å². The van der Waals surface area contributed by atoms with E-state index in [4.69, 9.17) is 9.47 Å². The molecule has 1 aromatic carbocycles. The Hall–Kier alpha value is -2.65. The second-order valence-electron chi connectivity index (χ2n) is 11.2. The summed E-state index contributed by atoms with van der Waals surface area (Å²) in [7, 11) is 0. The number of amides is 3. The maximum absolute atomic E-state index is 13.3. The minimum absolute atomic E-state index is 0.0116. The van der Waals surface area contributed by atoms with Gasteiger partial charge in [-0.2, -0.15) is 0 Å². The average Bonchev–Trinajstić information content (AvgIpc) is 2.85. The van der Waals surface area contributed by atoms with Crippen LogP contribution in [0.5, 0.6) is 0 Å². The molecule has 9 nitrogen and oxygen atoms in total. The van der Waals surface area contributed by atoms with Gasteiger partial charge in [0.15, 0.2) is 0 Å². The SMILES string of the molecule is CC(C)N(C[C@@H]1CN(Cc2ccccc2)CCN1C(=O)OC(C)(C)C)C(=O)CCC(=O)N1CCOCC1. The monoisotopic (exact) mass is 516 g/mol. The minimum Gasteiger partial charge on any atom is -0.444 e. The van der Waals surface area contributed by atoms with Gasteiger partial charge in [-0.3, -0.25) is 14.5 Å². The second-order valence-corrected chi connectivity index (χ2v) is 11.2. The molecule has 1 atom stereocenters. The fraction of sp³-hybridized carbons (Fsp3) is 0.679. The van der Waals surface area contributed by atoms with Crippen LogP contribution < -0.4 is 0 Å². The summed E-state index contributed by atoms with van der Waals surface area (Å²) in [6.45, 7) is 14.8. The zero-order valence-electron chi connectivity index (χ0n) is 23.1. The van der Waals surface area contributed by atoms with E-state index in [1.165, 1.54) is 5.56 Å². The molecule has 2 heterocycles. The quantitative estimate of drug-likeness (QED) is 0.528. The number of nitrogens with zero attached hydrogens (tertiary/aromatic N) is 4. The van der Waals surface area contributed by atoms with Crippen molar-refractivity contribution in [2.75, 3.05) is 52.5 Å². The van der Waals surface area contributed by atoms with Crippen LogP contribution in [0.2, 0.25) is 0 Å². The van der Waals surface area contributed by atoms with Gasteiger partial charge in [0.2, 0.25) is 11.8 Å². The first-order chi connectivity index (χ1) is 17.5. The molecule has 0 bridgehead atoms. The molecular formula is C28H44N4O5. The van der Waals surface area contributed by atoms with Crippen LogP contribution in [0.1, 0.15) is 53.0 Å². The molecule has 37 heavy (non-hydrogen) atoms. The molecule has 0 N–H and O–H groups in total. The van der Waals surface area contributed by atoms with Crippen molar-refractivity contribution in [1.29, 1.82) is 0 Å². The highest BCUT2D eigenvalue weighted by molar-refractivity contribution is 5.84. The molecule has 206 valence electrons. The van der Waals surface area contributed by atoms with Gasteiger partial charge in [-0.25, -0.2) is 4.79 Å². The minimum atomic E-state index is -0.601. The number of hydrogen-bond acceptors (Lipinski definition) is 6. The molecule has 0 spiro atoms. The predicted molar refractivity (Wildman–Crippen MR) is 142 cm³/mol. The van der Waals surface area contributed by atoms with E-state index in [0.717, 1.165) is 13.1 Å². The second kappa shape index (κ2) is 13.2. The van der Waals surface area contributed by atoms with E-state index in [-0.39, 0.29) is 42.8 Å². The molecule has 9 heteroatoms. The highest BCUT2D eigenvalue weighted by atomic mass is 16.6. The molecule has 0 unspecified atom stereocenters. The lowest BCUT2D eigenvalue weighted by Gasteiger charge is -2.44. The molecule has 1 aromatic rings.